The molecular weight excluding hydrogens is 202 g/mol. The van der Waals surface area contributed by atoms with Crippen molar-refractivity contribution in [2.75, 3.05) is 13.1 Å². The minimum absolute atomic E-state index is 0.126. The summed E-state index contributed by atoms with van der Waals surface area (Å²) >= 11 is 0. The number of hydrogen-bond donors (Lipinski definition) is 2. The summed E-state index contributed by atoms with van der Waals surface area (Å²) in [6.07, 6.45) is 6.82. The Morgan fingerprint density at radius 2 is 2.06 bits per heavy atom. The van der Waals surface area contributed by atoms with Gasteiger partial charge in [0.15, 0.2) is 0 Å². The Balaban J connectivity index is 1.60. The first-order valence-corrected chi connectivity index (χ1v) is 6.67. The Hall–Kier alpha value is -0.570. The molecule has 1 aliphatic heterocycles. The smallest absolute Gasteiger partial charge is 0.308 e. The van der Waals surface area contributed by atoms with Crippen molar-refractivity contribution >= 4 is 5.97 Å². The van der Waals surface area contributed by atoms with E-state index in [1.165, 1.54) is 25.7 Å². The van der Waals surface area contributed by atoms with Crippen molar-refractivity contribution in [2.24, 2.45) is 29.6 Å². The summed E-state index contributed by atoms with van der Waals surface area (Å²) in [5.74, 6) is 2.41. The summed E-state index contributed by atoms with van der Waals surface area (Å²) in [5.41, 5.74) is 0. The molecule has 1 heterocycles. The van der Waals surface area contributed by atoms with Crippen LogP contribution in [-0.2, 0) is 4.79 Å². The predicted octanol–water partition coefficient (Wildman–Crippen LogP) is 1.73. The van der Waals surface area contributed by atoms with E-state index < -0.39 is 5.97 Å². The van der Waals surface area contributed by atoms with Gasteiger partial charge >= 0.3 is 5.97 Å². The van der Waals surface area contributed by atoms with Gasteiger partial charge in [-0.2, -0.15) is 0 Å². The summed E-state index contributed by atoms with van der Waals surface area (Å²) in [4.78, 5) is 11.1. The zero-order valence-corrected chi connectivity index (χ0v) is 9.69. The van der Waals surface area contributed by atoms with E-state index in [2.05, 4.69) is 5.32 Å². The lowest BCUT2D eigenvalue weighted by Crippen LogP contribution is -2.25. The van der Waals surface area contributed by atoms with Crippen LogP contribution in [0.15, 0.2) is 0 Å². The van der Waals surface area contributed by atoms with Gasteiger partial charge in [0.25, 0.3) is 0 Å². The van der Waals surface area contributed by atoms with Gasteiger partial charge in [-0.25, -0.2) is 0 Å². The van der Waals surface area contributed by atoms with Crippen molar-refractivity contribution in [1.29, 1.82) is 0 Å². The number of aliphatic carboxylic acids is 1. The predicted molar refractivity (Wildman–Crippen MR) is 61.0 cm³/mol. The second-order valence-electron chi connectivity index (χ2n) is 6.03. The van der Waals surface area contributed by atoms with E-state index in [1.54, 1.807) is 0 Å². The highest BCUT2D eigenvalue weighted by Gasteiger charge is 2.42. The number of hydrogen-bond acceptors (Lipinski definition) is 2. The second-order valence-corrected chi connectivity index (χ2v) is 6.03. The first kappa shape index (κ1) is 10.6. The standard InChI is InChI=1S/C13H21NO2/c15-13(16)12-7-14-6-11(12)5-10-4-8-1-2-9(10)3-8/h8-12,14H,1-7H2,(H,15,16). The zero-order valence-electron chi connectivity index (χ0n) is 9.69. The quantitative estimate of drug-likeness (QED) is 0.766. The van der Waals surface area contributed by atoms with Crippen LogP contribution in [0.4, 0.5) is 0 Å². The highest BCUT2D eigenvalue weighted by atomic mass is 16.4. The Labute approximate surface area is 96.6 Å². The lowest BCUT2D eigenvalue weighted by Gasteiger charge is -2.25. The number of nitrogens with one attached hydrogen (secondary N) is 1. The summed E-state index contributed by atoms with van der Waals surface area (Å²) in [6, 6.07) is 0. The van der Waals surface area contributed by atoms with Gasteiger partial charge in [-0.15, -0.1) is 0 Å². The molecule has 3 aliphatic rings. The van der Waals surface area contributed by atoms with Crippen molar-refractivity contribution in [1.82, 2.24) is 5.32 Å². The van der Waals surface area contributed by atoms with Gasteiger partial charge in [0.2, 0.25) is 0 Å². The van der Waals surface area contributed by atoms with Crippen molar-refractivity contribution in [3.8, 4) is 0 Å². The molecule has 16 heavy (non-hydrogen) atoms. The van der Waals surface area contributed by atoms with Crippen molar-refractivity contribution in [3.63, 3.8) is 0 Å². The molecule has 5 atom stereocenters. The van der Waals surface area contributed by atoms with Crippen LogP contribution < -0.4 is 5.32 Å². The lowest BCUT2D eigenvalue weighted by atomic mass is 9.79. The summed E-state index contributed by atoms with van der Waals surface area (Å²) < 4.78 is 0. The highest BCUT2D eigenvalue weighted by molar-refractivity contribution is 5.71. The molecule has 2 N–H and O–H groups in total. The third-order valence-electron chi connectivity index (χ3n) is 5.15. The van der Waals surface area contributed by atoms with E-state index in [9.17, 15) is 4.79 Å². The lowest BCUT2D eigenvalue weighted by molar-refractivity contribution is -0.142. The topological polar surface area (TPSA) is 49.3 Å². The summed E-state index contributed by atoms with van der Waals surface area (Å²) in [5, 5.41) is 12.4. The van der Waals surface area contributed by atoms with Crippen LogP contribution in [0.2, 0.25) is 0 Å². The molecule has 1 saturated heterocycles. The van der Waals surface area contributed by atoms with Crippen LogP contribution in [0.25, 0.3) is 0 Å². The Kier molecular flexibility index (Phi) is 2.66. The minimum atomic E-state index is -0.599. The van der Waals surface area contributed by atoms with E-state index in [0.717, 1.165) is 30.7 Å². The first-order chi connectivity index (χ1) is 7.74. The SMILES string of the molecule is O=C(O)C1CNCC1CC1CC2CCC1C2. The third-order valence-corrected chi connectivity index (χ3v) is 5.15. The van der Waals surface area contributed by atoms with Crippen molar-refractivity contribution in [3.05, 3.63) is 0 Å². The molecule has 0 spiro atoms. The minimum Gasteiger partial charge on any atom is -0.481 e. The molecule has 2 bridgehead atoms. The fraction of sp³-hybridized carbons (Fsp3) is 0.923. The van der Waals surface area contributed by atoms with Gasteiger partial charge < -0.3 is 10.4 Å². The number of carboxylic acids is 1. The normalized spacial score (nSPS) is 46.4. The molecule has 5 unspecified atom stereocenters. The second kappa shape index (κ2) is 4.02. The molecule has 2 saturated carbocycles. The fourth-order valence-electron chi connectivity index (χ4n) is 4.32. The maximum atomic E-state index is 11.1. The molecule has 0 amide bonds. The van der Waals surface area contributed by atoms with Gasteiger partial charge in [0, 0.05) is 6.54 Å². The molecule has 0 aromatic rings. The summed E-state index contributed by atoms with van der Waals surface area (Å²) in [6.45, 7) is 1.60. The van der Waals surface area contributed by atoms with E-state index in [0.29, 0.717) is 12.5 Å². The molecule has 2 aliphatic carbocycles. The molecule has 3 fully saturated rings. The molecule has 3 rings (SSSR count). The molecule has 90 valence electrons. The molecule has 0 aromatic carbocycles. The number of rotatable bonds is 3. The summed E-state index contributed by atoms with van der Waals surface area (Å²) in [7, 11) is 0. The molecular formula is C13H21NO2. The van der Waals surface area contributed by atoms with Crippen LogP contribution in [0, 0.1) is 29.6 Å². The first-order valence-electron chi connectivity index (χ1n) is 6.67. The molecule has 0 radical (unpaired) electrons. The van der Waals surface area contributed by atoms with Gasteiger partial charge in [-0.3, -0.25) is 4.79 Å². The Morgan fingerprint density at radius 1 is 1.19 bits per heavy atom. The molecule has 0 aromatic heterocycles. The Morgan fingerprint density at radius 3 is 2.69 bits per heavy atom. The highest BCUT2D eigenvalue weighted by Crippen LogP contribution is 2.51. The maximum absolute atomic E-state index is 11.1. The van der Waals surface area contributed by atoms with E-state index >= 15 is 0 Å². The zero-order chi connectivity index (χ0) is 11.1. The molecule has 3 nitrogen and oxygen atoms in total. The molecule has 3 heteroatoms. The number of carboxylic acid groups (broad SMARTS) is 1. The average molecular weight is 223 g/mol. The van der Waals surface area contributed by atoms with Gasteiger partial charge in [0.1, 0.15) is 0 Å². The van der Waals surface area contributed by atoms with Gasteiger partial charge in [0.05, 0.1) is 5.92 Å². The van der Waals surface area contributed by atoms with E-state index in [-0.39, 0.29) is 5.92 Å². The van der Waals surface area contributed by atoms with Gasteiger partial charge in [-0.05, 0) is 55.9 Å². The third kappa shape index (κ3) is 1.75. The van der Waals surface area contributed by atoms with Gasteiger partial charge in [-0.1, -0.05) is 6.42 Å². The van der Waals surface area contributed by atoms with E-state index in [1.807, 2.05) is 0 Å². The number of carbonyl (C=O) groups is 1. The average Bonchev–Trinajstić information content (AvgIpc) is 2.91. The number of fused-ring (bicyclic) bond motifs is 2. The van der Waals surface area contributed by atoms with Crippen LogP contribution >= 0.6 is 0 Å². The largest absolute Gasteiger partial charge is 0.481 e. The fourth-order valence-corrected chi connectivity index (χ4v) is 4.32. The van der Waals surface area contributed by atoms with Crippen LogP contribution in [0.5, 0.6) is 0 Å². The van der Waals surface area contributed by atoms with Crippen molar-refractivity contribution < 1.29 is 9.90 Å². The van der Waals surface area contributed by atoms with Crippen LogP contribution in [-0.4, -0.2) is 24.2 Å². The Bertz CT molecular complexity index is 292. The monoisotopic (exact) mass is 223 g/mol. The van der Waals surface area contributed by atoms with E-state index in [4.69, 9.17) is 5.11 Å². The van der Waals surface area contributed by atoms with Crippen LogP contribution in [0.3, 0.4) is 0 Å². The van der Waals surface area contributed by atoms with Crippen molar-refractivity contribution in [2.45, 2.75) is 32.1 Å². The maximum Gasteiger partial charge on any atom is 0.308 e. The van der Waals surface area contributed by atoms with Crippen LogP contribution in [0.1, 0.15) is 32.1 Å².